The fraction of sp³-hybridized carbons (Fsp3) is 0. The second-order valence-corrected chi connectivity index (χ2v) is 2.88. The van der Waals surface area contributed by atoms with Crippen LogP contribution in [-0.4, -0.2) is 37.7 Å². The van der Waals surface area contributed by atoms with Gasteiger partial charge in [-0.3, -0.25) is 9.11 Å². The molecule has 80 valence electrons. The van der Waals surface area contributed by atoms with Crippen molar-refractivity contribution in [1.29, 1.82) is 0 Å². The smallest absolute Gasteiger partial charge is 0.412 e. The lowest BCUT2D eigenvalue weighted by molar-refractivity contribution is 0.275. The van der Waals surface area contributed by atoms with Crippen LogP contribution in [-0.2, 0) is 15.0 Å². The van der Waals surface area contributed by atoms with Gasteiger partial charge in [-0.05, 0) is 0 Å². The average Bonchev–Trinajstić information content (AvgIpc) is 1.12. The van der Waals surface area contributed by atoms with Crippen molar-refractivity contribution in [2.45, 2.75) is 0 Å². The summed E-state index contributed by atoms with van der Waals surface area (Å²) in [6, 6.07) is 0. The highest BCUT2D eigenvalue weighted by Gasteiger charge is 2.00. The van der Waals surface area contributed by atoms with Gasteiger partial charge in [-0.1, -0.05) is 0 Å². The summed E-state index contributed by atoms with van der Waals surface area (Å²) >= 11 is 0. The summed E-state index contributed by atoms with van der Waals surface area (Å²) in [5.41, 5.74) is 0. The van der Waals surface area contributed by atoms with Crippen LogP contribution >= 0.6 is 7.82 Å². The van der Waals surface area contributed by atoms with E-state index < -0.39 is 18.2 Å². The second kappa shape index (κ2) is 7.54. The molecule has 0 atom stereocenters. The van der Waals surface area contributed by atoms with Crippen molar-refractivity contribution in [2.75, 3.05) is 0 Å². The first-order valence-electron chi connectivity index (χ1n) is 1.48. The Morgan fingerprint density at radius 2 is 1.00 bits per heavy atom. The van der Waals surface area contributed by atoms with E-state index >= 15 is 0 Å². The van der Waals surface area contributed by atoms with Crippen LogP contribution in [0, 0.1) is 0 Å². The Labute approximate surface area is 67.6 Å². The Bertz CT molecular complexity index is 192. The molecule has 0 amide bonds. The number of hydrogen-bond donors (Lipinski definition) is 6. The maximum Gasteiger partial charge on any atom is 0.466 e. The molecule has 10 N–H and O–H groups in total. The molecule has 0 bridgehead atoms. The highest BCUT2D eigenvalue weighted by Crippen LogP contribution is 2.25. The van der Waals surface area contributed by atoms with Crippen LogP contribution in [0.15, 0.2) is 0 Å². The average molecular weight is 231 g/mol. The van der Waals surface area contributed by atoms with E-state index in [2.05, 4.69) is 0 Å². The van der Waals surface area contributed by atoms with Crippen LogP contribution < -0.4 is 6.15 Å². The first kappa shape index (κ1) is 22.7. The number of rotatable bonds is 0. The topological polar surface area (TPSA) is 219 Å². The van der Waals surface area contributed by atoms with Gasteiger partial charge in [0.05, 0.1) is 0 Å². The molecule has 0 radical (unpaired) electrons. The van der Waals surface area contributed by atoms with Gasteiger partial charge in [-0.2, -0.15) is 8.42 Å². The molecular formula is H10NO9PS. The zero-order valence-electron chi connectivity index (χ0n) is 5.52. The molecule has 0 unspecified atom stereocenters. The molecule has 0 spiro atoms. The van der Waals surface area contributed by atoms with Gasteiger partial charge in [0.25, 0.3) is 0 Å². The van der Waals surface area contributed by atoms with Crippen molar-refractivity contribution < 1.29 is 42.2 Å². The van der Waals surface area contributed by atoms with Crippen molar-refractivity contribution in [2.24, 2.45) is 0 Å². The van der Waals surface area contributed by atoms with Gasteiger partial charge in [0.2, 0.25) is 0 Å². The highest BCUT2D eigenvalue weighted by atomic mass is 32.3. The van der Waals surface area contributed by atoms with Gasteiger partial charge in [0.1, 0.15) is 0 Å². The van der Waals surface area contributed by atoms with E-state index in [0.29, 0.717) is 0 Å². The van der Waals surface area contributed by atoms with E-state index in [9.17, 15) is 0 Å². The first-order valence-corrected chi connectivity index (χ1v) is 4.44. The number of hydrogen-bond acceptors (Lipinski definition) is 4. The molecule has 0 fully saturated rings. The van der Waals surface area contributed by atoms with Crippen LogP contribution in [0.4, 0.5) is 0 Å². The summed E-state index contributed by atoms with van der Waals surface area (Å²) in [6.07, 6.45) is 0. The van der Waals surface area contributed by atoms with Gasteiger partial charge in [-0.15, -0.1) is 0 Å². The summed E-state index contributed by atoms with van der Waals surface area (Å²) in [5, 5.41) is 0. The molecular weight excluding hydrogens is 221 g/mol. The lowest BCUT2D eigenvalue weighted by Crippen LogP contribution is -1.89. The normalized spacial score (nSPS) is 9.75. The molecule has 0 aliphatic carbocycles. The SMILES string of the molecule is N.O.O=P(O)(O)O.O=S(=O)(O)O. The Kier molecular flexibility index (Phi) is 14.2. The third kappa shape index (κ3) is 78400. The number of phosphoric acid groups is 1. The van der Waals surface area contributed by atoms with E-state index in [0.717, 1.165) is 0 Å². The molecule has 0 saturated heterocycles. The fourth-order valence-corrected chi connectivity index (χ4v) is 0. The minimum absolute atomic E-state index is 0. The van der Waals surface area contributed by atoms with E-state index in [1.165, 1.54) is 0 Å². The highest BCUT2D eigenvalue weighted by molar-refractivity contribution is 7.79. The molecule has 0 aromatic heterocycles. The van der Waals surface area contributed by atoms with Crippen LogP contribution in [0.3, 0.4) is 0 Å². The minimum Gasteiger partial charge on any atom is -0.412 e. The van der Waals surface area contributed by atoms with Crippen LogP contribution in [0.2, 0.25) is 0 Å². The Morgan fingerprint density at radius 1 is 1.00 bits per heavy atom. The lowest BCUT2D eigenvalue weighted by Gasteiger charge is -1.82. The van der Waals surface area contributed by atoms with Crippen molar-refractivity contribution in [3.8, 4) is 0 Å². The molecule has 0 rings (SSSR count). The first-order chi connectivity index (χ1) is 4.00. The third-order valence-electron chi connectivity index (χ3n) is 0. The van der Waals surface area contributed by atoms with Crippen molar-refractivity contribution in [1.82, 2.24) is 6.15 Å². The summed E-state index contributed by atoms with van der Waals surface area (Å²) in [6.45, 7) is 0. The maximum atomic E-state index is 8.88. The Balaban J connectivity index is -0.0000000457. The summed E-state index contributed by atoms with van der Waals surface area (Å²) in [4.78, 5) is 21.6. The summed E-state index contributed by atoms with van der Waals surface area (Å²) in [7, 11) is -9.31. The maximum absolute atomic E-state index is 8.88. The molecule has 0 aliphatic heterocycles. The van der Waals surface area contributed by atoms with Crippen molar-refractivity contribution in [3.05, 3.63) is 0 Å². The Hall–Kier alpha value is -0.100. The quantitative estimate of drug-likeness (QED) is 0.195. The zero-order valence-corrected chi connectivity index (χ0v) is 7.23. The predicted molar refractivity (Wildman–Crippen MR) is 37.1 cm³/mol. The predicted octanol–water partition coefficient (Wildman–Crippen LogP) is -2.24. The van der Waals surface area contributed by atoms with Gasteiger partial charge >= 0.3 is 18.2 Å². The van der Waals surface area contributed by atoms with E-state index in [1.54, 1.807) is 0 Å². The van der Waals surface area contributed by atoms with Crippen molar-refractivity contribution >= 4 is 18.2 Å². The lowest BCUT2D eigenvalue weighted by atomic mass is 14.0. The van der Waals surface area contributed by atoms with Gasteiger partial charge in [0.15, 0.2) is 0 Å². The van der Waals surface area contributed by atoms with E-state index in [-0.39, 0.29) is 11.6 Å². The molecule has 10 nitrogen and oxygen atoms in total. The minimum atomic E-state index is -4.67. The summed E-state index contributed by atoms with van der Waals surface area (Å²) in [5.74, 6) is 0. The summed E-state index contributed by atoms with van der Waals surface area (Å²) < 4.78 is 40.5. The molecule has 0 saturated carbocycles. The fourth-order valence-electron chi connectivity index (χ4n) is 0. The molecule has 0 aromatic rings. The Morgan fingerprint density at radius 3 is 1.00 bits per heavy atom. The zero-order chi connectivity index (χ0) is 9.00. The van der Waals surface area contributed by atoms with Gasteiger partial charge in [-0.25, -0.2) is 4.57 Å². The van der Waals surface area contributed by atoms with Crippen molar-refractivity contribution in [3.63, 3.8) is 0 Å². The van der Waals surface area contributed by atoms with Gasteiger partial charge < -0.3 is 26.3 Å². The van der Waals surface area contributed by atoms with E-state index in [4.69, 9.17) is 36.8 Å². The molecule has 0 heterocycles. The molecule has 12 heteroatoms. The van der Waals surface area contributed by atoms with Crippen LogP contribution in [0.25, 0.3) is 0 Å². The monoisotopic (exact) mass is 231 g/mol. The van der Waals surface area contributed by atoms with Crippen LogP contribution in [0.5, 0.6) is 0 Å². The molecule has 12 heavy (non-hydrogen) atoms. The second-order valence-electron chi connectivity index (χ2n) is 0.961. The van der Waals surface area contributed by atoms with Gasteiger partial charge in [0, 0.05) is 0 Å². The molecule has 0 aliphatic rings. The third-order valence-corrected chi connectivity index (χ3v) is 0. The standard InChI is InChI=1S/H3N.H3O4P.H2O4S.H2O/c;2*1-5(2,3)4;/h1H3;(H3,1,2,3,4);(H2,1,2,3,4);1H2. The largest absolute Gasteiger partial charge is 0.466 e. The van der Waals surface area contributed by atoms with Crippen LogP contribution in [0.1, 0.15) is 0 Å². The van der Waals surface area contributed by atoms with E-state index in [1.807, 2.05) is 0 Å². The molecule has 0 aromatic carbocycles.